The van der Waals surface area contributed by atoms with E-state index in [9.17, 15) is 0 Å². The maximum Gasteiger partial charge on any atom is 0.0410 e. The molecule has 1 aliphatic heterocycles. The van der Waals surface area contributed by atoms with Gasteiger partial charge in [-0.1, -0.05) is 18.5 Å². The zero-order valence-corrected chi connectivity index (χ0v) is 13.0. The van der Waals surface area contributed by atoms with Crippen molar-refractivity contribution < 1.29 is 0 Å². The summed E-state index contributed by atoms with van der Waals surface area (Å²) in [4.78, 5) is 2.53. The minimum atomic E-state index is 0.162. The first-order valence-electron chi connectivity index (χ1n) is 7.29. The van der Waals surface area contributed by atoms with Crippen LogP contribution in [0.25, 0.3) is 0 Å². The van der Waals surface area contributed by atoms with Crippen LogP contribution in [0.1, 0.15) is 39.2 Å². The normalized spacial score (nSPS) is 25.4. The average Bonchev–Trinajstić information content (AvgIpc) is 2.33. The second-order valence-corrected chi connectivity index (χ2v) is 6.44. The van der Waals surface area contributed by atoms with E-state index in [1.807, 2.05) is 13.0 Å². The fraction of sp³-hybridized carbons (Fsp3) is 0.625. The lowest BCUT2D eigenvalue weighted by Crippen LogP contribution is -2.43. The average molecular weight is 281 g/mol. The van der Waals surface area contributed by atoms with Gasteiger partial charge in [0.15, 0.2) is 0 Å². The highest BCUT2D eigenvalue weighted by molar-refractivity contribution is 6.30. The molecule has 1 saturated heterocycles. The second kappa shape index (κ2) is 6.15. The molecule has 3 atom stereocenters. The van der Waals surface area contributed by atoms with Gasteiger partial charge in [-0.3, -0.25) is 0 Å². The van der Waals surface area contributed by atoms with Crippen LogP contribution < -0.4 is 10.6 Å². The van der Waals surface area contributed by atoms with Crippen LogP contribution in [0.2, 0.25) is 5.02 Å². The van der Waals surface area contributed by atoms with E-state index in [0.717, 1.165) is 23.9 Å². The first-order chi connectivity index (χ1) is 8.99. The Morgan fingerprint density at radius 2 is 2.16 bits per heavy atom. The number of hydrogen-bond acceptors (Lipinski definition) is 2. The van der Waals surface area contributed by atoms with Gasteiger partial charge in [0.1, 0.15) is 0 Å². The maximum absolute atomic E-state index is 6.14. The summed E-state index contributed by atoms with van der Waals surface area (Å²) in [6.07, 6.45) is 3.48. The van der Waals surface area contributed by atoms with Crippen molar-refractivity contribution >= 4 is 17.3 Å². The van der Waals surface area contributed by atoms with Crippen LogP contribution in [-0.2, 0) is 6.42 Å². The van der Waals surface area contributed by atoms with E-state index in [1.165, 1.54) is 24.1 Å². The lowest BCUT2D eigenvalue weighted by molar-refractivity contribution is 0.363. The van der Waals surface area contributed by atoms with Crippen LogP contribution in [0, 0.1) is 5.92 Å². The summed E-state index contributed by atoms with van der Waals surface area (Å²) in [5, 5.41) is 0.803. The molecule has 19 heavy (non-hydrogen) atoms. The van der Waals surface area contributed by atoms with Gasteiger partial charge in [0.2, 0.25) is 0 Å². The second-order valence-electron chi connectivity index (χ2n) is 6.01. The van der Waals surface area contributed by atoms with Gasteiger partial charge in [-0.25, -0.2) is 0 Å². The zero-order chi connectivity index (χ0) is 14.0. The topological polar surface area (TPSA) is 29.3 Å². The third-order valence-electron chi connectivity index (χ3n) is 4.27. The Labute approximate surface area is 121 Å². The van der Waals surface area contributed by atoms with Gasteiger partial charge in [0.05, 0.1) is 0 Å². The summed E-state index contributed by atoms with van der Waals surface area (Å²) in [7, 11) is 0. The summed E-state index contributed by atoms with van der Waals surface area (Å²) >= 11 is 6.14. The molecule has 3 heteroatoms. The molecule has 0 amide bonds. The van der Waals surface area contributed by atoms with Crippen molar-refractivity contribution in [1.29, 1.82) is 0 Å². The summed E-state index contributed by atoms with van der Waals surface area (Å²) in [6, 6.07) is 6.98. The van der Waals surface area contributed by atoms with Crippen molar-refractivity contribution in [2.24, 2.45) is 11.7 Å². The summed E-state index contributed by atoms with van der Waals surface area (Å²) in [6.45, 7) is 7.86. The van der Waals surface area contributed by atoms with Crippen molar-refractivity contribution in [3.8, 4) is 0 Å². The van der Waals surface area contributed by atoms with E-state index in [0.29, 0.717) is 6.04 Å². The maximum atomic E-state index is 6.14. The predicted octanol–water partition coefficient (Wildman–Crippen LogP) is 3.85. The number of anilines is 1. The zero-order valence-electron chi connectivity index (χ0n) is 12.2. The minimum absolute atomic E-state index is 0.162. The van der Waals surface area contributed by atoms with Gasteiger partial charge < -0.3 is 10.6 Å². The van der Waals surface area contributed by atoms with Crippen molar-refractivity contribution in [3.05, 3.63) is 28.8 Å². The number of nitrogens with zero attached hydrogens (tertiary/aromatic N) is 1. The molecule has 2 rings (SSSR count). The molecule has 3 unspecified atom stereocenters. The lowest BCUT2D eigenvalue weighted by atomic mass is 9.90. The first kappa shape index (κ1) is 14.7. The van der Waals surface area contributed by atoms with Crippen LogP contribution >= 0.6 is 11.6 Å². The standard InChI is InChI=1S/C16H25ClN2/c1-11-5-4-8-19(13(11)3)16-7-6-15(17)10-14(16)9-12(2)18/h6-7,10-13H,4-5,8-9,18H2,1-3H3. The molecule has 1 aromatic rings. The van der Waals surface area contributed by atoms with Gasteiger partial charge in [-0.2, -0.15) is 0 Å². The van der Waals surface area contributed by atoms with Crippen molar-refractivity contribution in [2.45, 2.75) is 52.1 Å². The Kier molecular flexibility index (Phi) is 4.75. The smallest absolute Gasteiger partial charge is 0.0410 e. The van der Waals surface area contributed by atoms with E-state index in [2.05, 4.69) is 30.9 Å². The molecule has 0 saturated carbocycles. The number of halogens is 1. The van der Waals surface area contributed by atoms with Gasteiger partial charge in [0.25, 0.3) is 0 Å². The number of hydrogen-bond donors (Lipinski definition) is 1. The third kappa shape index (κ3) is 3.43. The lowest BCUT2D eigenvalue weighted by Gasteiger charge is -2.40. The van der Waals surface area contributed by atoms with Crippen LogP contribution in [0.4, 0.5) is 5.69 Å². The molecule has 106 valence electrons. The molecule has 1 aliphatic rings. The van der Waals surface area contributed by atoms with Crippen molar-refractivity contribution in [2.75, 3.05) is 11.4 Å². The monoisotopic (exact) mass is 280 g/mol. The minimum Gasteiger partial charge on any atom is -0.368 e. The first-order valence-corrected chi connectivity index (χ1v) is 7.67. The molecule has 0 bridgehead atoms. The highest BCUT2D eigenvalue weighted by atomic mass is 35.5. The molecule has 1 fully saturated rings. The Morgan fingerprint density at radius 1 is 1.42 bits per heavy atom. The number of nitrogens with two attached hydrogens (primary N) is 1. The molecule has 1 aromatic carbocycles. The van der Waals surface area contributed by atoms with Crippen molar-refractivity contribution in [3.63, 3.8) is 0 Å². The highest BCUT2D eigenvalue weighted by Crippen LogP contribution is 2.32. The van der Waals surface area contributed by atoms with Crippen molar-refractivity contribution in [1.82, 2.24) is 0 Å². The number of piperidine rings is 1. The largest absolute Gasteiger partial charge is 0.368 e. The Bertz CT molecular complexity index is 431. The third-order valence-corrected chi connectivity index (χ3v) is 4.50. The molecule has 1 heterocycles. The van der Waals surface area contributed by atoms with Gasteiger partial charge >= 0.3 is 0 Å². The van der Waals surface area contributed by atoms with E-state index < -0.39 is 0 Å². The fourth-order valence-electron chi connectivity index (χ4n) is 3.02. The van der Waals surface area contributed by atoms with E-state index in [1.54, 1.807) is 0 Å². The fourth-order valence-corrected chi connectivity index (χ4v) is 3.21. The summed E-state index contributed by atoms with van der Waals surface area (Å²) < 4.78 is 0. The summed E-state index contributed by atoms with van der Waals surface area (Å²) in [5.41, 5.74) is 8.57. The van der Waals surface area contributed by atoms with Gasteiger partial charge in [0, 0.05) is 29.3 Å². The molecule has 0 aromatic heterocycles. The molecular formula is C16H25ClN2. The molecular weight excluding hydrogens is 256 g/mol. The van der Waals surface area contributed by atoms with Gasteiger partial charge in [-0.05, 0) is 62.8 Å². The molecule has 2 nitrogen and oxygen atoms in total. The predicted molar refractivity (Wildman–Crippen MR) is 84.0 cm³/mol. The SMILES string of the molecule is CC(N)Cc1cc(Cl)ccc1N1CCCC(C)C1C. The number of rotatable bonds is 3. The molecule has 0 radical (unpaired) electrons. The van der Waals surface area contributed by atoms with E-state index in [4.69, 9.17) is 17.3 Å². The molecule has 0 aliphatic carbocycles. The van der Waals surface area contributed by atoms with Crippen LogP contribution in [-0.4, -0.2) is 18.6 Å². The quantitative estimate of drug-likeness (QED) is 0.911. The molecule has 2 N–H and O–H groups in total. The van der Waals surface area contributed by atoms with Crippen LogP contribution in [0.15, 0.2) is 18.2 Å². The Hall–Kier alpha value is -0.730. The van der Waals surface area contributed by atoms with Gasteiger partial charge in [-0.15, -0.1) is 0 Å². The van der Waals surface area contributed by atoms with E-state index >= 15 is 0 Å². The Balaban J connectivity index is 2.32. The number of benzene rings is 1. The van der Waals surface area contributed by atoms with Crippen LogP contribution in [0.3, 0.4) is 0 Å². The van der Waals surface area contributed by atoms with Crippen LogP contribution in [0.5, 0.6) is 0 Å². The molecule has 0 spiro atoms. The van der Waals surface area contributed by atoms with E-state index in [-0.39, 0.29) is 6.04 Å². The Morgan fingerprint density at radius 3 is 2.84 bits per heavy atom. The highest BCUT2D eigenvalue weighted by Gasteiger charge is 2.26. The summed E-state index contributed by atoms with van der Waals surface area (Å²) in [5.74, 6) is 0.743.